The van der Waals surface area contributed by atoms with Gasteiger partial charge in [0.25, 0.3) is 0 Å². The molecule has 0 unspecified atom stereocenters. The lowest BCUT2D eigenvalue weighted by Gasteiger charge is -1.90. The van der Waals surface area contributed by atoms with Crippen LogP contribution in [0.4, 0.5) is 0 Å². The van der Waals surface area contributed by atoms with E-state index in [-0.39, 0.29) is 13.2 Å². The van der Waals surface area contributed by atoms with Crippen LogP contribution in [0.2, 0.25) is 0 Å². The molecule has 36 valence electrons. The first-order valence-electron chi connectivity index (χ1n) is 1.80. The molecular formula is C4H8O2. The summed E-state index contributed by atoms with van der Waals surface area (Å²) < 4.78 is 4.51. The van der Waals surface area contributed by atoms with E-state index in [0.717, 1.165) is 0 Å². The van der Waals surface area contributed by atoms with Crippen molar-refractivity contribution in [1.29, 1.82) is 0 Å². The highest BCUT2D eigenvalue weighted by Gasteiger charge is 1.74. The van der Waals surface area contributed by atoms with Gasteiger partial charge < -0.3 is 9.84 Å². The number of aliphatic hydroxyl groups excluding tert-OH is 1. The van der Waals surface area contributed by atoms with Crippen molar-refractivity contribution in [1.82, 2.24) is 0 Å². The molecule has 0 aromatic rings. The van der Waals surface area contributed by atoms with Crippen molar-refractivity contribution >= 4 is 0 Å². The average Bonchev–Trinajstić information content (AvgIpc) is 1.61. The molecule has 6 heavy (non-hydrogen) atoms. The molecule has 0 aromatic heterocycles. The Morgan fingerprint density at radius 1 is 1.67 bits per heavy atom. The molecule has 1 N–H and O–H groups in total. The van der Waals surface area contributed by atoms with E-state index in [4.69, 9.17) is 12.0 Å². The first-order valence-corrected chi connectivity index (χ1v) is 1.80. The molecule has 0 aromatic carbocycles. The zero-order valence-corrected chi connectivity index (χ0v) is 3.55. The van der Waals surface area contributed by atoms with Crippen molar-refractivity contribution in [2.24, 2.45) is 0 Å². The molecule has 0 aliphatic rings. The Hall–Kier alpha value is -0.0800. The molecule has 0 aliphatic heterocycles. The van der Waals surface area contributed by atoms with E-state index in [0.29, 0.717) is 6.61 Å². The van der Waals surface area contributed by atoms with Crippen LogP contribution in [0.25, 0.3) is 0 Å². The van der Waals surface area contributed by atoms with Crippen LogP contribution in [0.5, 0.6) is 0 Å². The van der Waals surface area contributed by atoms with E-state index in [9.17, 15) is 0 Å². The average molecular weight is 88.1 g/mol. The minimum absolute atomic E-state index is 0.0528. The molecule has 2 nitrogen and oxygen atoms in total. The Kier molecular flexibility index (Phi) is 4.85. The third-order valence-corrected chi connectivity index (χ3v) is 0.353. The molecule has 0 spiro atoms. The SMILES string of the molecule is [CH]COCCO. The van der Waals surface area contributed by atoms with E-state index >= 15 is 0 Å². The highest BCUT2D eigenvalue weighted by Crippen LogP contribution is 1.66. The smallest absolute Gasteiger partial charge is 0.0697 e. The number of hydrogen-bond acceptors (Lipinski definition) is 2. The lowest BCUT2D eigenvalue weighted by atomic mass is 10.8. The zero-order valence-electron chi connectivity index (χ0n) is 3.55. The summed E-state index contributed by atoms with van der Waals surface area (Å²) in [7, 11) is 0. The number of ether oxygens (including phenoxy) is 1. The van der Waals surface area contributed by atoms with Crippen LogP contribution in [0.15, 0.2) is 0 Å². The summed E-state index contributed by atoms with van der Waals surface area (Å²) in [5, 5.41) is 8.02. The van der Waals surface area contributed by atoms with Gasteiger partial charge in [0.2, 0.25) is 0 Å². The van der Waals surface area contributed by atoms with Crippen LogP contribution in [-0.4, -0.2) is 24.9 Å². The third kappa shape index (κ3) is 3.92. The number of hydrogen-bond donors (Lipinski definition) is 1. The minimum Gasteiger partial charge on any atom is -0.394 e. The highest BCUT2D eigenvalue weighted by molar-refractivity contribution is 4.28. The summed E-state index contributed by atoms with van der Waals surface area (Å²) in [6.07, 6.45) is 0. The first kappa shape index (κ1) is 5.92. The molecule has 2 heteroatoms. The molecule has 0 amide bonds. The van der Waals surface area contributed by atoms with Crippen LogP contribution in [0.1, 0.15) is 0 Å². The second-order valence-electron chi connectivity index (χ2n) is 0.799. The van der Waals surface area contributed by atoms with Gasteiger partial charge in [-0.25, -0.2) is 0 Å². The van der Waals surface area contributed by atoms with Gasteiger partial charge in [-0.3, -0.25) is 0 Å². The predicted molar refractivity (Wildman–Crippen MR) is 22.2 cm³/mol. The minimum atomic E-state index is 0.0528. The van der Waals surface area contributed by atoms with E-state index in [2.05, 4.69) is 4.74 Å². The summed E-state index contributed by atoms with van der Waals surface area (Å²) in [4.78, 5) is 0. The summed E-state index contributed by atoms with van der Waals surface area (Å²) in [6, 6.07) is 0. The number of aliphatic hydroxyl groups is 1. The fourth-order valence-corrected chi connectivity index (χ4v) is 0.148. The van der Waals surface area contributed by atoms with Crippen molar-refractivity contribution in [3.63, 3.8) is 0 Å². The van der Waals surface area contributed by atoms with Crippen molar-refractivity contribution in [3.8, 4) is 0 Å². The Morgan fingerprint density at radius 2 is 2.33 bits per heavy atom. The second kappa shape index (κ2) is 4.92. The molecule has 0 aliphatic carbocycles. The monoisotopic (exact) mass is 88.1 g/mol. The van der Waals surface area contributed by atoms with E-state index < -0.39 is 0 Å². The molecule has 0 atom stereocenters. The van der Waals surface area contributed by atoms with Gasteiger partial charge in [-0.05, 0) is 6.92 Å². The quantitative estimate of drug-likeness (QED) is 0.480. The zero-order chi connectivity index (χ0) is 4.83. The van der Waals surface area contributed by atoms with Crippen molar-refractivity contribution in [3.05, 3.63) is 6.92 Å². The van der Waals surface area contributed by atoms with E-state index in [1.165, 1.54) is 0 Å². The fraction of sp³-hybridized carbons (Fsp3) is 0.750. The molecule has 0 saturated carbocycles. The van der Waals surface area contributed by atoms with Gasteiger partial charge in [-0.1, -0.05) is 0 Å². The summed E-state index contributed by atoms with van der Waals surface area (Å²) in [6.45, 7) is 5.47. The van der Waals surface area contributed by atoms with Crippen molar-refractivity contribution < 1.29 is 9.84 Å². The van der Waals surface area contributed by atoms with Gasteiger partial charge in [-0.15, -0.1) is 0 Å². The third-order valence-electron chi connectivity index (χ3n) is 0.353. The second-order valence-corrected chi connectivity index (χ2v) is 0.799. The summed E-state index contributed by atoms with van der Waals surface area (Å²) in [5.41, 5.74) is 0. The number of rotatable bonds is 3. The summed E-state index contributed by atoms with van der Waals surface area (Å²) in [5.74, 6) is 0. The molecule has 2 radical (unpaired) electrons. The Balaban J connectivity index is 2.34. The highest BCUT2D eigenvalue weighted by atomic mass is 16.5. The van der Waals surface area contributed by atoms with Crippen LogP contribution in [0.3, 0.4) is 0 Å². The van der Waals surface area contributed by atoms with Gasteiger partial charge >= 0.3 is 0 Å². The van der Waals surface area contributed by atoms with Gasteiger partial charge in [0.05, 0.1) is 19.8 Å². The van der Waals surface area contributed by atoms with Crippen LogP contribution in [0, 0.1) is 6.92 Å². The van der Waals surface area contributed by atoms with Gasteiger partial charge in [0, 0.05) is 0 Å². The van der Waals surface area contributed by atoms with Crippen LogP contribution in [-0.2, 0) is 4.74 Å². The maximum absolute atomic E-state index is 8.02. The molecule has 0 rings (SSSR count). The van der Waals surface area contributed by atoms with Gasteiger partial charge in [0.1, 0.15) is 0 Å². The normalized spacial score (nSPS) is 9.00. The summed E-state index contributed by atoms with van der Waals surface area (Å²) >= 11 is 0. The Bertz CT molecular complexity index is 17.5. The molecule has 0 bridgehead atoms. The van der Waals surface area contributed by atoms with E-state index in [1.807, 2.05) is 0 Å². The fourth-order valence-electron chi connectivity index (χ4n) is 0.148. The maximum Gasteiger partial charge on any atom is 0.0697 e. The molecule has 0 fully saturated rings. The van der Waals surface area contributed by atoms with Crippen molar-refractivity contribution in [2.75, 3.05) is 19.8 Å². The molecule has 0 heterocycles. The van der Waals surface area contributed by atoms with E-state index in [1.54, 1.807) is 0 Å². The topological polar surface area (TPSA) is 29.5 Å². The largest absolute Gasteiger partial charge is 0.394 e. The lowest BCUT2D eigenvalue weighted by molar-refractivity contribution is 0.111. The molecule has 0 saturated heterocycles. The molecular weight excluding hydrogens is 80.0 g/mol. The van der Waals surface area contributed by atoms with Crippen LogP contribution >= 0.6 is 0 Å². The lowest BCUT2D eigenvalue weighted by Crippen LogP contribution is -1.96. The van der Waals surface area contributed by atoms with Gasteiger partial charge in [0.15, 0.2) is 0 Å². The van der Waals surface area contributed by atoms with Crippen molar-refractivity contribution in [2.45, 2.75) is 0 Å². The Labute approximate surface area is 37.7 Å². The van der Waals surface area contributed by atoms with Gasteiger partial charge in [-0.2, -0.15) is 0 Å². The maximum atomic E-state index is 8.02. The Morgan fingerprint density at radius 3 is 2.50 bits per heavy atom. The van der Waals surface area contributed by atoms with Crippen LogP contribution < -0.4 is 0 Å². The standard InChI is InChI=1S/C4H8O2/c1-2-6-4-3-5/h1,5H,2-4H2. The predicted octanol–water partition coefficient (Wildman–Crippen LogP) is -0.294. The first-order chi connectivity index (χ1) is 2.91.